The molecule has 35 heavy (non-hydrogen) atoms. The molecular formula is C24H19F3N6O2. The molecule has 11 heteroatoms. The third-order valence-corrected chi connectivity index (χ3v) is 5.93. The average Bonchev–Trinajstić information content (AvgIpc) is 3.31. The maximum absolute atomic E-state index is 14.7. The number of H-pyrrole nitrogens is 1. The monoisotopic (exact) mass is 480 g/mol. The van der Waals surface area contributed by atoms with Gasteiger partial charge in [0.25, 0.3) is 11.5 Å². The largest absolute Gasteiger partial charge is 0.350 e. The zero-order valence-electron chi connectivity index (χ0n) is 18.3. The summed E-state index contributed by atoms with van der Waals surface area (Å²) in [5.41, 5.74) is -0.571. The van der Waals surface area contributed by atoms with Crippen LogP contribution in [0.4, 0.5) is 19.1 Å². The minimum absolute atomic E-state index is 0.0199. The van der Waals surface area contributed by atoms with E-state index in [0.29, 0.717) is 36.9 Å². The first kappa shape index (κ1) is 22.5. The second kappa shape index (κ2) is 9.16. The van der Waals surface area contributed by atoms with Gasteiger partial charge < -0.3 is 10.2 Å². The lowest BCUT2D eigenvalue weighted by molar-refractivity contribution is 0.0786. The van der Waals surface area contributed by atoms with Gasteiger partial charge >= 0.3 is 0 Å². The van der Waals surface area contributed by atoms with E-state index in [-0.39, 0.29) is 34.7 Å². The lowest BCUT2D eigenvalue weighted by atomic mass is 10.0. The van der Waals surface area contributed by atoms with Crippen LogP contribution >= 0.6 is 0 Å². The van der Waals surface area contributed by atoms with E-state index < -0.39 is 28.9 Å². The third-order valence-electron chi connectivity index (χ3n) is 5.93. The third kappa shape index (κ3) is 4.57. The molecule has 3 heterocycles. The highest BCUT2D eigenvalue weighted by Crippen LogP contribution is 2.24. The fourth-order valence-electron chi connectivity index (χ4n) is 4.19. The molecule has 0 aliphatic carbocycles. The number of amides is 1. The Balaban J connectivity index is 1.39. The van der Waals surface area contributed by atoms with Crippen molar-refractivity contribution in [3.63, 3.8) is 0 Å². The van der Waals surface area contributed by atoms with Crippen LogP contribution in [0.15, 0.2) is 53.6 Å². The van der Waals surface area contributed by atoms with Gasteiger partial charge in [0.2, 0.25) is 5.95 Å². The Morgan fingerprint density at radius 3 is 2.69 bits per heavy atom. The van der Waals surface area contributed by atoms with Crippen LogP contribution in [-0.4, -0.2) is 50.1 Å². The van der Waals surface area contributed by atoms with Crippen molar-refractivity contribution >= 4 is 22.6 Å². The molecule has 0 radical (unpaired) electrons. The second-order valence-corrected chi connectivity index (χ2v) is 8.24. The van der Waals surface area contributed by atoms with Crippen molar-refractivity contribution in [2.24, 2.45) is 0 Å². The van der Waals surface area contributed by atoms with E-state index in [4.69, 9.17) is 0 Å². The minimum atomic E-state index is -0.972. The number of aromatic nitrogens is 4. The van der Waals surface area contributed by atoms with Crippen LogP contribution in [0.25, 0.3) is 10.8 Å². The lowest BCUT2D eigenvalue weighted by Gasteiger charge is -2.18. The molecule has 0 saturated carbocycles. The van der Waals surface area contributed by atoms with Crippen LogP contribution in [0, 0.1) is 17.5 Å². The topological polar surface area (TPSA) is 104 Å². The van der Waals surface area contributed by atoms with Gasteiger partial charge in [-0.2, -0.15) is 5.10 Å². The number of nitrogens with zero attached hydrogens (tertiary/aromatic N) is 4. The van der Waals surface area contributed by atoms with Crippen LogP contribution in [-0.2, 0) is 6.42 Å². The van der Waals surface area contributed by atoms with Crippen LogP contribution in [0.1, 0.15) is 28.0 Å². The minimum Gasteiger partial charge on any atom is -0.350 e. The molecule has 0 unspecified atom stereocenters. The highest BCUT2D eigenvalue weighted by atomic mass is 19.1. The molecule has 5 rings (SSSR count). The van der Waals surface area contributed by atoms with Gasteiger partial charge in [0.1, 0.15) is 17.5 Å². The summed E-state index contributed by atoms with van der Waals surface area (Å²) in [6.07, 6.45) is 3.67. The first-order valence-electron chi connectivity index (χ1n) is 10.9. The van der Waals surface area contributed by atoms with Gasteiger partial charge in [-0.25, -0.2) is 28.2 Å². The number of carbonyl (C=O) groups is 1. The van der Waals surface area contributed by atoms with Crippen molar-refractivity contribution in [3.8, 4) is 0 Å². The molecule has 1 aliphatic heterocycles. The summed E-state index contributed by atoms with van der Waals surface area (Å²) in [6, 6.07) is 7.02. The standard InChI is InChI=1S/C24H19F3N6O2/c25-14-2-3-16-17(10-14)22(34)32-31-21(16)9-13-8-18(20(27)11-19(13)26)23(35)33-7-4-15(12-33)30-24-28-5-1-6-29-24/h1-3,5-6,8,10-11,15H,4,7,9,12H2,(H,32,34)(H,28,29,30)/t15-/m1/s1. The molecule has 2 aromatic heterocycles. The molecule has 8 nitrogen and oxygen atoms in total. The van der Waals surface area contributed by atoms with Crippen LogP contribution in [0.5, 0.6) is 0 Å². The zero-order chi connectivity index (χ0) is 24.5. The predicted molar refractivity (Wildman–Crippen MR) is 121 cm³/mol. The molecule has 1 atom stereocenters. The lowest BCUT2D eigenvalue weighted by Crippen LogP contribution is -2.32. The van der Waals surface area contributed by atoms with Gasteiger partial charge in [-0.05, 0) is 42.3 Å². The Hall–Kier alpha value is -4.28. The summed E-state index contributed by atoms with van der Waals surface area (Å²) in [4.78, 5) is 34.8. The summed E-state index contributed by atoms with van der Waals surface area (Å²) in [5, 5.41) is 9.76. The number of fused-ring (bicyclic) bond motifs is 1. The first-order chi connectivity index (χ1) is 16.9. The Bertz CT molecular complexity index is 1480. The fourth-order valence-corrected chi connectivity index (χ4v) is 4.19. The number of rotatable bonds is 5. The average molecular weight is 480 g/mol. The molecular weight excluding hydrogens is 461 g/mol. The number of nitrogens with one attached hydrogen (secondary N) is 2. The van der Waals surface area contributed by atoms with Gasteiger partial charge in [0, 0.05) is 49.4 Å². The number of likely N-dealkylation sites (tertiary alicyclic amines) is 1. The molecule has 1 aliphatic rings. The molecule has 4 aromatic rings. The van der Waals surface area contributed by atoms with Crippen molar-refractivity contribution in [1.82, 2.24) is 25.1 Å². The molecule has 2 aromatic carbocycles. The van der Waals surface area contributed by atoms with E-state index in [1.54, 1.807) is 18.5 Å². The highest BCUT2D eigenvalue weighted by molar-refractivity contribution is 5.95. The summed E-state index contributed by atoms with van der Waals surface area (Å²) in [6.45, 7) is 0.689. The van der Waals surface area contributed by atoms with Gasteiger partial charge in [0.15, 0.2) is 0 Å². The van der Waals surface area contributed by atoms with Crippen molar-refractivity contribution in [3.05, 3.63) is 93.4 Å². The number of aromatic amines is 1. The summed E-state index contributed by atoms with van der Waals surface area (Å²) in [7, 11) is 0. The van der Waals surface area contributed by atoms with Crippen LogP contribution in [0.2, 0.25) is 0 Å². The molecule has 1 amide bonds. The van der Waals surface area contributed by atoms with E-state index >= 15 is 0 Å². The smallest absolute Gasteiger partial charge is 0.272 e. The first-order valence-corrected chi connectivity index (χ1v) is 10.9. The van der Waals surface area contributed by atoms with E-state index in [1.165, 1.54) is 17.0 Å². The highest BCUT2D eigenvalue weighted by Gasteiger charge is 2.29. The van der Waals surface area contributed by atoms with Crippen LogP contribution in [0.3, 0.4) is 0 Å². The van der Waals surface area contributed by atoms with Crippen LogP contribution < -0.4 is 10.9 Å². The van der Waals surface area contributed by atoms with Gasteiger partial charge in [0.05, 0.1) is 16.6 Å². The normalized spacial score (nSPS) is 15.5. The molecule has 0 spiro atoms. The number of hydrogen-bond acceptors (Lipinski definition) is 6. The Kier molecular flexibility index (Phi) is 5.89. The number of benzene rings is 2. The van der Waals surface area contributed by atoms with Crippen molar-refractivity contribution < 1.29 is 18.0 Å². The Labute approximate surface area is 196 Å². The Morgan fingerprint density at radius 1 is 1.09 bits per heavy atom. The molecule has 178 valence electrons. The zero-order valence-corrected chi connectivity index (χ0v) is 18.3. The summed E-state index contributed by atoms with van der Waals surface area (Å²) < 4.78 is 42.9. The number of carbonyl (C=O) groups excluding carboxylic acids is 1. The molecule has 1 saturated heterocycles. The summed E-state index contributed by atoms with van der Waals surface area (Å²) >= 11 is 0. The SMILES string of the molecule is O=C(c1cc(Cc2n[nH]c(=O)c3cc(F)ccc23)c(F)cc1F)N1CC[C@@H](Nc2ncccn2)C1. The van der Waals surface area contributed by atoms with E-state index in [2.05, 4.69) is 25.5 Å². The predicted octanol–water partition coefficient (Wildman–Crippen LogP) is 3.05. The van der Waals surface area contributed by atoms with Crippen molar-refractivity contribution in [1.29, 1.82) is 0 Å². The maximum Gasteiger partial charge on any atom is 0.272 e. The maximum atomic E-state index is 14.7. The van der Waals surface area contributed by atoms with Gasteiger partial charge in [-0.3, -0.25) is 9.59 Å². The quantitative estimate of drug-likeness (QED) is 0.455. The molecule has 0 bridgehead atoms. The number of halogens is 3. The number of hydrogen-bond donors (Lipinski definition) is 2. The van der Waals surface area contributed by atoms with Gasteiger partial charge in [-0.15, -0.1) is 0 Å². The number of anilines is 1. The fraction of sp³-hybridized carbons (Fsp3) is 0.208. The van der Waals surface area contributed by atoms with E-state index in [0.717, 1.165) is 12.1 Å². The van der Waals surface area contributed by atoms with E-state index in [9.17, 15) is 22.8 Å². The Morgan fingerprint density at radius 2 is 1.89 bits per heavy atom. The second-order valence-electron chi connectivity index (χ2n) is 8.24. The summed E-state index contributed by atoms with van der Waals surface area (Å²) in [5.74, 6) is -2.56. The van der Waals surface area contributed by atoms with Gasteiger partial charge in [-0.1, -0.05) is 0 Å². The van der Waals surface area contributed by atoms with Crippen molar-refractivity contribution in [2.45, 2.75) is 18.9 Å². The van der Waals surface area contributed by atoms with Crippen molar-refractivity contribution in [2.75, 3.05) is 18.4 Å². The molecule has 1 fully saturated rings. The van der Waals surface area contributed by atoms with E-state index in [1.807, 2.05) is 0 Å². The molecule has 2 N–H and O–H groups in total.